The number of benzene rings is 1. The Kier molecular flexibility index (Phi) is 3.88. The van der Waals surface area contributed by atoms with Gasteiger partial charge in [0.25, 0.3) is 11.1 Å². The Morgan fingerprint density at radius 1 is 1.09 bits per heavy atom. The number of hydrogen-bond acceptors (Lipinski definition) is 8. The molecular weight excluding hydrogens is 348 g/mol. The maximum absolute atomic E-state index is 5.75. The smallest absolute Gasteiger partial charge is 0.277 e. The van der Waals surface area contributed by atoms with Crippen LogP contribution < -0.4 is 0 Å². The highest BCUT2D eigenvalue weighted by Crippen LogP contribution is 2.32. The Hall–Kier alpha value is -1.77. The van der Waals surface area contributed by atoms with E-state index in [1.165, 1.54) is 16.5 Å². The van der Waals surface area contributed by atoms with E-state index >= 15 is 0 Å². The zero-order valence-electron chi connectivity index (χ0n) is 12.4. The van der Waals surface area contributed by atoms with Crippen molar-refractivity contribution in [3.63, 3.8) is 0 Å². The first-order valence-electron chi connectivity index (χ1n) is 6.94. The normalized spacial score (nSPS) is 11.4. The molecule has 3 aromatic heterocycles. The lowest BCUT2D eigenvalue weighted by Crippen LogP contribution is -1.78. The lowest BCUT2D eigenvalue weighted by molar-refractivity contribution is 0.466. The summed E-state index contributed by atoms with van der Waals surface area (Å²) in [6.45, 7) is 3.93. The maximum atomic E-state index is 5.75. The molecule has 0 bridgehead atoms. The van der Waals surface area contributed by atoms with Crippen molar-refractivity contribution < 1.29 is 4.42 Å². The molecule has 0 N–H and O–H groups in total. The number of thioether (sulfide) groups is 1. The van der Waals surface area contributed by atoms with Gasteiger partial charge in [0, 0.05) is 0 Å². The van der Waals surface area contributed by atoms with Crippen LogP contribution in [0.4, 0.5) is 0 Å². The van der Waals surface area contributed by atoms with E-state index in [0.29, 0.717) is 11.1 Å². The highest BCUT2D eigenvalue weighted by Gasteiger charge is 2.15. The Bertz CT molecular complexity index is 939. The van der Waals surface area contributed by atoms with Gasteiger partial charge in [-0.15, -0.1) is 32.9 Å². The zero-order valence-corrected chi connectivity index (χ0v) is 14.9. The number of fused-ring (bicyclic) bond motifs is 1. The molecule has 23 heavy (non-hydrogen) atoms. The fourth-order valence-corrected chi connectivity index (χ4v) is 4.76. The van der Waals surface area contributed by atoms with Crippen LogP contribution >= 0.6 is 34.4 Å². The molecule has 0 aliphatic carbocycles. The summed E-state index contributed by atoms with van der Waals surface area (Å²) < 4.78 is 6.95. The van der Waals surface area contributed by atoms with Crippen LogP contribution in [0.25, 0.3) is 21.0 Å². The molecule has 3 heterocycles. The first-order chi connectivity index (χ1) is 11.2. The van der Waals surface area contributed by atoms with Gasteiger partial charge in [0.1, 0.15) is 9.88 Å². The molecule has 1 aromatic carbocycles. The summed E-state index contributed by atoms with van der Waals surface area (Å²) in [7, 11) is 0. The van der Waals surface area contributed by atoms with Crippen LogP contribution in [0.3, 0.4) is 0 Å². The summed E-state index contributed by atoms with van der Waals surface area (Å²) in [5, 5.41) is 10.9. The summed E-state index contributed by atoms with van der Waals surface area (Å²) >= 11 is 4.78. The molecule has 0 spiro atoms. The third-order valence-electron chi connectivity index (χ3n) is 3.16. The van der Waals surface area contributed by atoms with Crippen LogP contribution in [0, 0.1) is 13.8 Å². The molecule has 0 fully saturated rings. The predicted molar refractivity (Wildman–Crippen MR) is 94.1 cm³/mol. The summed E-state index contributed by atoms with van der Waals surface area (Å²) in [5.41, 5.74) is 1.97. The molecule has 116 valence electrons. The van der Waals surface area contributed by atoms with Crippen molar-refractivity contribution in [2.24, 2.45) is 0 Å². The zero-order chi connectivity index (χ0) is 15.8. The topological polar surface area (TPSA) is 64.7 Å². The second-order valence-corrected chi connectivity index (χ2v) is 8.13. The van der Waals surface area contributed by atoms with Crippen LogP contribution in [-0.4, -0.2) is 20.2 Å². The molecule has 0 unspecified atom stereocenters. The van der Waals surface area contributed by atoms with Crippen molar-refractivity contribution in [2.45, 2.75) is 24.8 Å². The van der Waals surface area contributed by atoms with Crippen LogP contribution in [0.15, 0.2) is 33.9 Å². The quantitative estimate of drug-likeness (QED) is 0.491. The first kappa shape index (κ1) is 14.8. The van der Waals surface area contributed by atoms with Crippen LogP contribution in [0.5, 0.6) is 0 Å². The minimum Gasteiger partial charge on any atom is -0.410 e. The highest BCUT2D eigenvalue weighted by atomic mass is 32.2. The molecule has 5 nitrogen and oxygen atoms in total. The second-order valence-electron chi connectivity index (χ2n) is 4.88. The Morgan fingerprint density at radius 2 is 1.96 bits per heavy atom. The Morgan fingerprint density at radius 3 is 2.74 bits per heavy atom. The number of nitrogens with zero attached hydrogens (tertiary/aromatic N) is 4. The van der Waals surface area contributed by atoms with Crippen LogP contribution in [-0.2, 0) is 5.75 Å². The van der Waals surface area contributed by atoms with E-state index in [1.807, 2.05) is 32.0 Å². The largest absolute Gasteiger partial charge is 0.410 e. The molecule has 4 rings (SSSR count). The van der Waals surface area contributed by atoms with Crippen LogP contribution in [0.2, 0.25) is 0 Å². The molecule has 0 aliphatic heterocycles. The minimum atomic E-state index is 0.542. The monoisotopic (exact) mass is 360 g/mol. The number of aryl methyl sites for hydroxylation is 2. The van der Waals surface area contributed by atoms with Crippen molar-refractivity contribution in [2.75, 3.05) is 0 Å². The number of aromatic nitrogens is 4. The van der Waals surface area contributed by atoms with E-state index in [-0.39, 0.29) is 0 Å². The van der Waals surface area contributed by atoms with Gasteiger partial charge in [-0.05, 0) is 26.0 Å². The minimum absolute atomic E-state index is 0.542. The lowest BCUT2D eigenvalue weighted by atomic mass is 10.3. The summed E-state index contributed by atoms with van der Waals surface area (Å²) in [6, 6.07) is 8.14. The Labute approximate surface area is 144 Å². The Balaban J connectivity index is 1.50. The third-order valence-corrected chi connectivity index (χ3v) is 6.27. The standard InChI is InChI=1S/C15H12N4OS3/c1-8-13(22-9(2)16-8)14-18-19-15(20-14)21-7-12-17-10-5-3-4-6-11(10)23-12/h3-6H,7H2,1-2H3. The van der Waals surface area contributed by atoms with E-state index in [2.05, 4.69) is 26.2 Å². The van der Waals surface area contributed by atoms with Gasteiger partial charge in [0.15, 0.2) is 0 Å². The third kappa shape index (κ3) is 3.01. The van der Waals surface area contributed by atoms with E-state index in [1.54, 1.807) is 22.7 Å². The lowest BCUT2D eigenvalue weighted by Gasteiger charge is -1.91. The summed E-state index contributed by atoms with van der Waals surface area (Å²) in [5.74, 6) is 1.27. The summed E-state index contributed by atoms with van der Waals surface area (Å²) in [6.07, 6.45) is 0. The number of rotatable bonds is 4. The van der Waals surface area contributed by atoms with Crippen molar-refractivity contribution in [3.05, 3.63) is 40.0 Å². The van der Waals surface area contributed by atoms with Crippen molar-refractivity contribution >= 4 is 44.7 Å². The first-order valence-corrected chi connectivity index (χ1v) is 9.56. The molecular formula is C15H12N4OS3. The van der Waals surface area contributed by atoms with Gasteiger partial charge in [0.2, 0.25) is 0 Å². The van der Waals surface area contributed by atoms with Gasteiger partial charge < -0.3 is 4.42 Å². The van der Waals surface area contributed by atoms with Gasteiger partial charge in [-0.2, -0.15) is 0 Å². The molecule has 8 heteroatoms. The van der Waals surface area contributed by atoms with E-state index in [9.17, 15) is 0 Å². The van der Waals surface area contributed by atoms with Crippen molar-refractivity contribution in [3.8, 4) is 10.8 Å². The van der Waals surface area contributed by atoms with Crippen LogP contribution in [0.1, 0.15) is 15.7 Å². The van der Waals surface area contributed by atoms with E-state index < -0.39 is 0 Å². The van der Waals surface area contributed by atoms with E-state index in [4.69, 9.17) is 4.42 Å². The molecule has 4 aromatic rings. The number of thiazole rings is 2. The highest BCUT2D eigenvalue weighted by molar-refractivity contribution is 7.98. The van der Waals surface area contributed by atoms with Gasteiger partial charge in [-0.1, -0.05) is 23.9 Å². The van der Waals surface area contributed by atoms with Gasteiger partial charge in [-0.3, -0.25) is 0 Å². The van der Waals surface area contributed by atoms with Gasteiger partial charge in [-0.25, -0.2) is 9.97 Å². The molecule has 0 atom stereocenters. The SMILES string of the molecule is Cc1nc(C)c(-c2nnc(SCc3nc4ccccc4s3)o2)s1. The molecule has 0 aliphatic rings. The molecule has 0 amide bonds. The number of para-hydroxylation sites is 1. The molecule has 0 radical (unpaired) electrons. The second kappa shape index (κ2) is 6.03. The van der Waals surface area contributed by atoms with E-state index in [0.717, 1.165) is 31.9 Å². The average molecular weight is 360 g/mol. The van der Waals surface area contributed by atoms with Crippen molar-refractivity contribution in [1.82, 2.24) is 20.2 Å². The predicted octanol–water partition coefficient (Wildman–Crippen LogP) is 4.71. The molecule has 0 saturated heterocycles. The van der Waals surface area contributed by atoms with Crippen molar-refractivity contribution in [1.29, 1.82) is 0 Å². The summed E-state index contributed by atoms with van der Waals surface area (Å²) in [4.78, 5) is 9.95. The fraction of sp³-hybridized carbons (Fsp3) is 0.200. The molecule has 0 saturated carbocycles. The number of hydrogen-bond donors (Lipinski definition) is 0. The fourth-order valence-electron chi connectivity index (χ4n) is 2.19. The van der Waals surface area contributed by atoms with Gasteiger partial charge in [0.05, 0.1) is 26.7 Å². The van der Waals surface area contributed by atoms with Gasteiger partial charge >= 0.3 is 0 Å². The average Bonchev–Trinajstić information content (AvgIpc) is 3.22. The maximum Gasteiger partial charge on any atom is 0.277 e.